The van der Waals surface area contributed by atoms with Crippen LogP contribution in [0.15, 0.2) is 23.1 Å². The van der Waals surface area contributed by atoms with E-state index in [4.69, 9.17) is 10.8 Å². The average Bonchev–Trinajstić information content (AvgIpc) is 2.80. The van der Waals surface area contributed by atoms with E-state index >= 15 is 0 Å². The molecule has 2 rings (SSSR count). The van der Waals surface area contributed by atoms with Gasteiger partial charge in [0, 0.05) is 17.2 Å². The van der Waals surface area contributed by atoms with Crippen LogP contribution >= 0.6 is 11.5 Å². The quantitative estimate of drug-likeness (QED) is 0.669. The molecule has 0 unspecified atom stereocenters. The molecule has 0 saturated heterocycles. The first-order valence-electron chi connectivity index (χ1n) is 4.71. The number of aromatic nitrogens is 3. The Morgan fingerprint density at radius 1 is 1.42 bits per heavy atom. The lowest BCUT2D eigenvalue weighted by Gasteiger charge is -2.08. The Kier molecular flexibility index (Phi) is 3.31. The van der Waals surface area contributed by atoms with Crippen molar-refractivity contribution in [1.29, 1.82) is 0 Å². The number of carboxylic acid groups (broad SMARTS) is 1. The van der Waals surface area contributed by atoms with Crippen LogP contribution in [0.4, 0.5) is 10.8 Å². The van der Waals surface area contributed by atoms with Crippen molar-refractivity contribution in [3.05, 3.63) is 23.8 Å². The Labute approximate surface area is 111 Å². The number of rotatable bonds is 4. The number of nitrogens with zero attached hydrogens (tertiary/aromatic N) is 3. The van der Waals surface area contributed by atoms with Gasteiger partial charge in [-0.1, -0.05) is 9.59 Å². The number of carboxylic acids is 1. The zero-order chi connectivity index (χ0) is 14.0. The maximum Gasteiger partial charge on any atom is 0.337 e. The van der Waals surface area contributed by atoms with Crippen molar-refractivity contribution in [1.82, 2.24) is 14.8 Å². The van der Waals surface area contributed by atoms with E-state index in [1.165, 1.54) is 6.07 Å². The molecule has 0 aliphatic carbocycles. The van der Waals surface area contributed by atoms with Gasteiger partial charge >= 0.3 is 5.97 Å². The number of nitrogens with two attached hydrogens (primary N) is 1. The first-order chi connectivity index (χ1) is 8.90. The molecular weight excluding hydrogens is 294 g/mol. The summed E-state index contributed by atoms with van der Waals surface area (Å²) < 4.78 is 29.5. The Balaban J connectivity index is 2.49. The van der Waals surface area contributed by atoms with E-state index in [0.717, 1.165) is 23.7 Å². The molecule has 0 amide bonds. The molecule has 0 aliphatic rings. The van der Waals surface area contributed by atoms with Crippen LogP contribution in [0.25, 0.3) is 0 Å². The van der Waals surface area contributed by atoms with Crippen LogP contribution in [0.1, 0.15) is 10.4 Å². The van der Waals surface area contributed by atoms with Crippen molar-refractivity contribution >= 4 is 38.3 Å². The number of anilines is 2. The molecule has 0 radical (unpaired) electrons. The predicted molar refractivity (Wildman–Crippen MR) is 66.3 cm³/mol. The third-order valence-electron chi connectivity index (χ3n) is 2.04. The Morgan fingerprint density at radius 2 is 2.16 bits per heavy atom. The third-order valence-corrected chi connectivity index (χ3v) is 4.08. The second-order valence-electron chi connectivity index (χ2n) is 3.33. The van der Waals surface area contributed by atoms with Gasteiger partial charge in [0.1, 0.15) is 4.90 Å². The largest absolute Gasteiger partial charge is 0.478 e. The minimum atomic E-state index is -4.09. The van der Waals surface area contributed by atoms with Crippen molar-refractivity contribution in [3.8, 4) is 0 Å². The molecule has 0 atom stereocenters. The molecule has 1 aromatic carbocycles. The summed E-state index contributed by atoms with van der Waals surface area (Å²) in [7, 11) is -4.09. The summed E-state index contributed by atoms with van der Waals surface area (Å²) in [5.41, 5.74) is 5.16. The fraction of sp³-hybridized carbons (Fsp3) is 0. The zero-order valence-electron chi connectivity index (χ0n) is 9.14. The Bertz CT molecular complexity index is 713. The lowest BCUT2D eigenvalue weighted by atomic mass is 10.2. The highest BCUT2D eigenvalue weighted by Gasteiger charge is 2.23. The van der Waals surface area contributed by atoms with E-state index in [1.807, 2.05) is 0 Å². The Morgan fingerprint density at radius 3 is 2.74 bits per heavy atom. The van der Waals surface area contributed by atoms with E-state index in [9.17, 15) is 13.2 Å². The van der Waals surface area contributed by atoms with Gasteiger partial charge in [-0.25, -0.2) is 13.2 Å². The predicted octanol–water partition coefficient (Wildman–Crippen LogP) is 0.0143. The molecule has 0 aliphatic heterocycles. The monoisotopic (exact) mass is 301 g/mol. The molecule has 0 saturated carbocycles. The van der Waals surface area contributed by atoms with Crippen molar-refractivity contribution in [2.45, 2.75) is 4.90 Å². The van der Waals surface area contributed by atoms with E-state index in [1.54, 1.807) is 0 Å². The number of carbonyl (C=O) groups is 1. The number of hydrogen-bond acceptors (Lipinski definition) is 8. The molecule has 0 bridgehead atoms. The van der Waals surface area contributed by atoms with Crippen molar-refractivity contribution in [2.75, 3.05) is 10.5 Å². The van der Waals surface area contributed by atoms with Crippen LogP contribution in [-0.2, 0) is 10.0 Å². The number of aromatic carboxylic acids is 1. The van der Waals surface area contributed by atoms with Gasteiger partial charge in [0.2, 0.25) is 5.13 Å². The van der Waals surface area contributed by atoms with Gasteiger partial charge in [-0.3, -0.25) is 4.72 Å². The molecule has 1 aromatic heterocycles. The van der Waals surface area contributed by atoms with Gasteiger partial charge in [0.15, 0.2) is 0 Å². The van der Waals surface area contributed by atoms with Crippen LogP contribution in [-0.4, -0.2) is 34.3 Å². The molecule has 4 N–H and O–H groups in total. The van der Waals surface area contributed by atoms with Crippen molar-refractivity contribution < 1.29 is 18.3 Å². The summed E-state index contributed by atoms with van der Waals surface area (Å²) in [5.74, 6) is -1.40. The van der Waals surface area contributed by atoms with Gasteiger partial charge in [-0.2, -0.15) is 0 Å². The smallest absolute Gasteiger partial charge is 0.337 e. The summed E-state index contributed by atoms with van der Waals surface area (Å²) in [4.78, 5) is 10.6. The van der Waals surface area contributed by atoms with Crippen LogP contribution in [0, 0.1) is 0 Å². The second kappa shape index (κ2) is 4.78. The highest BCUT2D eigenvalue weighted by atomic mass is 32.2. The van der Waals surface area contributed by atoms with Crippen LogP contribution in [0.3, 0.4) is 0 Å². The second-order valence-corrected chi connectivity index (χ2v) is 5.72. The first kappa shape index (κ1) is 13.2. The summed E-state index contributed by atoms with van der Waals surface area (Å²) in [6, 6.07) is 3.46. The maximum absolute atomic E-state index is 12.0. The lowest BCUT2D eigenvalue weighted by molar-refractivity contribution is 0.0692. The van der Waals surface area contributed by atoms with E-state index < -0.39 is 26.5 Å². The van der Waals surface area contributed by atoms with Crippen LogP contribution in [0.2, 0.25) is 0 Å². The van der Waals surface area contributed by atoms with E-state index in [0.29, 0.717) is 0 Å². The number of benzene rings is 1. The average molecular weight is 301 g/mol. The fourth-order valence-electron chi connectivity index (χ4n) is 1.29. The first-order valence-corrected chi connectivity index (χ1v) is 6.96. The summed E-state index contributed by atoms with van der Waals surface area (Å²) >= 11 is 0.727. The number of nitrogens with one attached hydrogen (secondary N) is 1. The number of hydrogen-bond donors (Lipinski definition) is 3. The molecule has 0 fully saturated rings. The standard InChI is InChI=1S/C8H7N5O4S2/c9-4-1-2-6(5(3-4)7(14)15)19(16,17)11-8-10-12-13-18-8/h1-3H,9H2,(H,14,15)(H,10,11,13). The third kappa shape index (κ3) is 2.77. The van der Waals surface area contributed by atoms with Gasteiger partial charge < -0.3 is 10.8 Å². The van der Waals surface area contributed by atoms with Gasteiger partial charge in [0.05, 0.1) is 5.56 Å². The molecule has 0 spiro atoms. The highest BCUT2D eigenvalue weighted by Crippen LogP contribution is 2.21. The molecule has 19 heavy (non-hydrogen) atoms. The number of nitrogen functional groups attached to an aromatic ring is 1. The highest BCUT2D eigenvalue weighted by molar-refractivity contribution is 7.93. The van der Waals surface area contributed by atoms with E-state index in [2.05, 4.69) is 19.5 Å². The van der Waals surface area contributed by atoms with Gasteiger partial charge in [-0.15, -0.1) is 0 Å². The van der Waals surface area contributed by atoms with Crippen LogP contribution < -0.4 is 10.5 Å². The minimum Gasteiger partial charge on any atom is -0.478 e. The van der Waals surface area contributed by atoms with Crippen LogP contribution in [0.5, 0.6) is 0 Å². The molecule has 1 heterocycles. The summed E-state index contributed by atoms with van der Waals surface area (Å²) in [5, 5.41) is 15.6. The molecule has 2 aromatic rings. The summed E-state index contributed by atoms with van der Waals surface area (Å²) in [6.45, 7) is 0. The Hall–Kier alpha value is -2.27. The topological polar surface area (TPSA) is 148 Å². The van der Waals surface area contributed by atoms with Crippen molar-refractivity contribution in [3.63, 3.8) is 0 Å². The maximum atomic E-state index is 12.0. The van der Waals surface area contributed by atoms with Gasteiger partial charge in [-0.05, 0) is 23.4 Å². The fourth-order valence-corrected chi connectivity index (χ4v) is 3.06. The SMILES string of the molecule is Nc1ccc(S(=O)(=O)Nc2nnns2)c(C(=O)O)c1. The molecule has 11 heteroatoms. The van der Waals surface area contributed by atoms with Gasteiger partial charge in [0.25, 0.3) is 10.0 Å². The molecule has 100 valence electrons. The summed E-state index contributed by atoms with van der Waals surface area (Å²) in [6.07, 6.45) is 0. The van der Waals surface area contributed by atoms with Crippen molar-refractivity contribution in [2.24, 2.45) is 0 Å². The normalized spacial score (nSPS) is 11.2. The van der Waals surface area contributed by atoms with E-state index in [-0.39, 0.29) is 10.8 Å². The molecule has 9 nitrogen and oxygen atoms in total. The minimum absolute atomic E-state index is 0.0619. The zero-order valence-corrected chi connectivity index (χ0v) is 10.8. The number of sulfonamides is 1. The molecular formula is C8H7N5O4S2. The lowest BCUT2D eigenvalue weighted by Crippen LogP contribution is -2.17.